The van der Waals surface area contributed by atoms with E-state index in [2.05, 4.69) is 0 Å². The highest BCUT2D eigenvalue weighted by molar-refractivity contribution is 7.92. The van der Waals surface area contributed by atoms with Crippen LogP contribution < -0.4 is 0 Å². The lowest BCUT2D eigenvalue weighted by atomic mass is 10.1. The molecular formula is C16H16O3S2. The zero-order valence-corrected chi connectivity index (χ0v) is 13.4. The molecule has 0 saturated carbocycles. The number of carbonyl (C=O) groups is 1. The highest BCUT2D eigenvalue weighted by Crippen LogP contribution is 2.26. The summed E-state index contributed by atoms with van der Waals surface area (Å²) in [5.41, 5.74) is 2.34. The topological polar surface area (TPSA) is 51.2 Å². The summed E-state index contributed by atoms with van der Waals surface area (Å²) in [4.78, 5) is 13.9. The highest BCUT2D eigenvalue weighted by Gasteiger charge is 2.23. The van der Waals surface area contributed by atoms with Gasteiger partial charge in [-0.25, -0.2) is 8.42 Å². The number of aryl methyl sites for hydroxylation is 3. The fraction of sp³-hybridized carbons (Fsp3) is 0.312. The van der Waals surface area contributed by atoms with Crippen LogP contribution in [0.5, 0.6) is 0 Å². The summed E-state index contributed by atoms with van der Waals surface area (Å²) in [6.07, 6.45) is 3.02. The van der Waals surface area contributed by atoms with Crippen LogP contribution >= 0.6 is 11.3 Å². The second kappa shape index (κ2) is 5.39. The van der Waals surface area contributed by atoms with E-state index in [0.717, 1.165) is 29.7 Å². The van der Waals surface area contributed by atoms with Crippen LogP contribution in [0.4, 0.5) is 0 Å². The Labute approximate surface area is 128 Å². The molecule has 21 heavy (non-hydrogen) atoms. The molecule has 1 aliphatic carbocycles. The Morgan fingerprint density at radius 2 is 1.90 bits per heavy atom. The molecule has 0 spiro atoms. The van der Waals surface area contributed by atoms with Gasteiger partial charge in [0.2, 0.25) is 0 Å². The van der Waals surface area contributed by atoms with Gasteiger partial charge in [-0.05, 0) is 61.6 Å². The average molecular weight is 320 g/mol. The first-order valence-corrected chi connectivity index (χ1v) is 9.37. The molecule has 0 radical (unpaired) electrons. The predicted octanol–water partition coefficient (Wildman–Crippen LogP) is 3.20. The Morgan fingerprint density at radius 3 is 2.62 bits per heavy atom. The minimum atomic E-state index is -3.56. The SMILES string of the molecule is Cc1ccc(C(=O)CS(=O)(=O)c2ccc3c(c2)CCC3)s1. The standard InChI is InChI=1S/C16H16O3S2/c1-11-5-8-16(20-11)15(17)10-21(18,19)14-7-6-12-3-2-4-13(12)9-14/h5-9H,2-4,10H2,1H3. The van der Waals surface area contributed by atoms with Gasteiger partial charge in [0.15, 0.2) is 15.6 Å². The van der Waals surface area contributed by atoms with Gasteiger partial charge in [-0.1, -0.05) is 6.07 Å². The van der Waals surface area contributed by atoms with Crippen molar-refractivity contribution in [2.45, 2.75) is 31.1 Å². The predicted molar refractivity (Wildman–Crippen MR) is 83.9 cm³/mol. The molecule has 1 aliphatic rings. The van der Waals surface area contributed by atoms with Gasteiger partial charge >= 0.3 is 0 Å². The highest BCUT2D eigenvalue weighted by atomic mass is 32.2. The van der Waals surface area contributed by atoms with Gasteiger partial charge < -0.3 is 0 Å². The van der Waals surface area contributed by atoms with Crippen molar-refractivity contribution in [3.63, 3.8) is 0 Å². The second-order valence-corrected chi connectivity index (χ2v) is 8.65. The minimum absolute atomic E-state index is 0.268. The van der Waals surface area contributed by atoms with Gasteiger partial charge in [0.25, 0.3) is 0 Å². The van der Waals surface area contributed by atoms with Crippen molar-refractivity contribution < 1.29 is 13.2 Å². The molecule has 1 heterocycles. The first-order valence-electron chi connectivity index (χ1n) is 6.90. The minimum Gasteiger partial charge on any atom is -0.292 e. The molecule has 2 aromatic rings. The smallest absolute Gasteiger partial charge is 0.188 e. The summed E-state index contributed by atoms with van der Waals surface area (Å²) >= 11 is 1.34. The van der Waals surface area contributed by atoms with Crippen LogP contribution in [0.3, 0.4) is 0 Å². The quantitative estimate of drug-likeness (QED) is 0.813. The van der Waals surface area contributed by atoms with Crippen molar-refractivity contribution in [2.24, 2.45) is 0 Å². The van der Waals surface area contributed by atoms with E-state index in [9.17, 15) is 13.2 Å². The molecule has 5 heteroatoms. The Kier molecular flexibility index (Phi) is 3.71. The molecule has 0 fully saturated rings. The molecule has 3 rings (SSSR count). The Hall–Kier alpha value is -1.46. The first-order chi connectivity index (χ1) is 9.95. The van der Waals surface area contributed by atoms with Crippen molar-refractivity contribution >= 4 is 27.0 Å². The maximum absolute atomic E-state index is 12.4. The molecular weight excluding hydrogens is 304 g/mol. The monoisotopic (exact) mass is 320 g/mol. The fourth-order valence-corrected chi connectivity index (χ4v) is 4.81. The first kappa shape index (κ1) is 14.5. The molecule has 0 aliphatic heterocycles. The van der Waals surface area contributed by atoms with E-state index in [0.29, 0.717) is 4.88 Å². The molecule has 0 atom stereocenters. The van der Waals surface area contributed by atoms with E-state index in [1.54, 1.807) is 18.2 Å². The maximum atomic E-state index is 12.4. The van der Waals surface area contributed by atoms with Gasteiger partial charge in [-0.2, -0.15) is 0 Å². The molecule has 0 N–H and O–H groups in total. The molecule has 110 valence electrons. The van der Waals surface area contributed by atoms with E-state index >= 15 is 0 Å². The number of rotatable bonds is 4. The average Bonchev–Trinajstić information content (AvgIpc) is 3.05. The normalized spacial score (nSPS) is 14.1. The van der Waals surface area contributed by atoms with Gasteiger partial charge in [-0.15, -0.1) is 11.3 Å². The van der Waals surface area contributed by atoms with Crippen LogP contribution in [-0.4, -0.2) is 20.0 Å². The molecule has 3 nitrogen and oxygen atoms in total. The van der Waals surface area contributed by atoms with E-state index in [4.69, 9.17) is 0 Å². The summed E-state index contributed by atoms with van der Waals surface area (Å²) in [6.45, 7) is 1.90. The lowest BCUT2D eigenvalue weighted by Crippen LogP contribution is -2.15. The molecule has 0 amide bonds. The van der Waals surface area contributed by atoms with Crippen LogP contribution in [-0.2, 0) is 22.7 Å². The molecule has 1 aromatic carbocycles. The van der Waals surface area contributed by atoms with Crippen LogP contribution in [0.2, 0.25) is 0 Å². The summed E-state index contributed by atoms with van der Waals surface area (Å²) in [5.74, 6) is -0.778. The second-order valence-electron chi connectivity index (χ2n) is 5.38. The number of sulfone groups is 1. The third kappa shape index (κ3) is 2.94. The molecule has 0 bridgehead atoms. The number of benzene rings is 1. The van der Waals surface area contributed by atoms with Gasteiger partial charge in [0.05, 0.1) is 9.77 Å². The number of hydrogen-bond donors (Lipinski definition) is 0. The molecule has 0 saturated heterocycles. The Morgan fingerprint density at radius 1 is 1.14 bits per heavy atom. The van der Waals surface area contributed by atoms with Crippen molar-refractivity contribution in [1.82, 2.24) is 0 Å². The number of ketones is 1. The van der Waals surface area contributed by atoms with Crippen molar-refractivity contribution in [3.05, 3.63) is 51.2 Å². The van der Waals surface area contributed by atoms with E-state index in [1.807, 2.05) is 19.1 Å². The zero-order valence-electron chi connectivity index (χ0n) is 11.8. The summed E-state index contributed by atoms with van der Waals surface area (Å²) in [5, 5.41) is 0. The lowest BCUT2D eigenvalue weighted by molar-refractivity contribution is 0.102. The summed E-state index contributed by atoms with van der Waals surface area (Å²) in [6, 6.07) is 8.78. The van der Waals surface area contributed by atoms with E-state index < -0.39 is 15.6 Å². The number of Topliss-reactive ketones (excluding diaryl/α,β-unsaturated/α-hetero) is 1. The number of thiophene rings is 1. The third-order valence-electron chi connectivity index (χ3n) is 3.77. The van der Waals surface area contributed by atoms with Gasteiger partial charge in [0, 0.05) is 4.88 Å². The Bertz CT molecular complexity index is 801. The van der Waals surface area contributed by atoms with Crippen molar-refractivity contribution in [2.75, 3.05) is 5.75 Å². The fourth-order valence-electron chi connectivity index (χ4n) is 2.65. The van der Waals surface area contributed by atoms with Crippen LogP contribution in [0, 0.1) is 6.92 Å². The number of hydrogen-bond acceptors (Lipinski definition) is 4. The summed E-state index contributed by atoms with van der Waals surface area (Å²) in [7, 11) is -3.56. The van der Waals surface area contributed by atoms with Crippen molar-refractivity contribution in [3.8, 4) is 0 Å². The largest absolute Gasteiger partial charge is 0.292 e. The van der Waals surface area contributed by atoms with Crippen LogP contribution in [0.1, 0.15) is 32.1 Å². The Balaban J connectivity index is 1.85. The third-order valence-corrected chi connectivity index (χ3v) is 6.42. The van der Waals surface area contributed by atoms with Crippen molar-refractivity contribution in [1.29, 1.82) is 0 Å². The number of fused-ring (bicyclic) bond motifs is 1. The molecule has 0 unspecified atom stereocenters. The van der Waals surface area contributed by atoms with Gasteiger partial charge in [-0.3, -0.25) is 4.79 Å². The molecule has 1 aromatic heterocycles. The summed E-state index contributed by atoms with van der Waals surface area (Å²) < 4.78 is 24.8. The van der Waals surface area contributed by atoms with Gasteiger partial charge in [0.1, 0.15) is 5.75 Å². The maximum Gasteiger partial charge on any atom is 0.188 e. The van der Waals surface area contributed by atoms with Crippen LogP contribution in [0.25, 0.3) is 0 Å². The zero-order chi connectivity index (χ0) is 15.0. The van der Waals surface area contributed by atoms with E-state index in [-0.39, 0.29) is 10.7 Å². The van der Waals surface area contributed by atoms with Crippen LogP contribution in [0.15, 0.2) is 35.2 Å². The number of carbonyl (C=O) groups excluding carboxylic acids is 1. The lowest BCUT2D eigenvalue weighted by Gasteiger charge is -2.06. The van der Waals surface area contributed by atoms with E-state index in [1.165, 1.54) is 16.9 Å².